The van der Waals surface area contributed by atoms with Crippen LogP contribution >= 0.6 is 0 Å². The molecule has 1 amide bonds. The normalized spacial score (nSPS) is 11.2. The second-order valence-electron chi connectivity index (χ2n) is 5.62. The number of anilines is 1. The molecule has 128 valence electrons. The van der Waals surface area contributed by atoms with Crippen molar-refractivity contribution in [1.82, 2.24) is 5.32 Å². The van der Waals surface area contributed by atoms with Crippen LogP contribution in [0.25, 0.3) is 0 Å². The number of para-hydroxylation sites is 1. The molecule has 2 N–H and O–H groups in total. The topological polar surface area (TPSA) is 75.3 Å². The van der Waals surface area contributed by atoms with E-state index in [0.717, 1.165) is 23.1 Å². The smallest absolute Gasteiger partial charge is 0.261 e. The fourth-order valence-electron chi connectivity index (χ4n) is 2.51. The molecule has 0 aliphatic carbocycles. The summed E-state index contributed by atoms with van der Waals surface area (Å²) in [5.74, 6) is -0.310. The van der Waals surface area contributed by atoms with Crippen molar-refractivity contribution in [3.8, 4) is 0 Å². The van der Waals surface area contributed by atoms with E-state index in [-0.39, 0.29) is 10.8 Å². The van der Waals surface area contributed by atoms with Crippen LogP contribution in [0.5, 0.6) is 0 Å². The van der Waals surface area contributed by atoms with Gasteiger partial charge in [0.2, 0.25) is 0 Å². The van der Waals surface area contributed by atoms with Crippen LogP contribution in [0.3, 0.4) is 0 Å². The average molecular weight is 346 g/mol. The number of hydrogen-bond acceptors (Lipinski definition) is 3. The quantitative estimate of drug-likeness (QED) is 0.874. The first-order valence-electron chi connectivity index (χ1n) is 7.74. The van der Waals surface area contributed by atoms with E-state index in [1.54, 1.807) is 13.0 Å². The third-order valence-corrected chi connectivity index (χ3v) is 5.31. The standard InChI is InChI=1S/C18H22N2O3S/c1-5-14-8-6-7-13(3)17(14)20-24(22,23)15-10-9-12(2)16(11-15)18(21)19-4/h6-11,20H,5H2,1-4H3,(H,19,21). The van der Waals surface area contributed by atoms with Gasteiger partial charge in [0.15, 0.2) is 0 Å². The number of rotatable bonds is 5. The van der Waals surface area contributed by atoms with E-state index >= 15 is 0 Å². The lowest BCUT2D eigenvalue weighted by atomic mass is 10.1. The van der Waals surface area contributed by atoms with E-state index in [1.807, 2.05) is 32.0 Å². The Morgan fingerprint density at radius 2 is 1.79 bits per heavy atom. The molecule has 0 spiro atoms. The van der Waals surface area contributed by atoms with Gasteiger partial charge in [-0.15, -0.1) is 0 Å². The van der Waals surface area contributed by atoms with Gasteiger partial charge in [-0.25, -0.2) is 8.42 Å². The van der Waals surface area contributed by atoms with Crippen LogP contribution in [-0.2, 0) is 16.4 Å². The predicted octanol–water partition coefficient (Wildman–Crippen LogP) is 3.03. The number of carbonyl (C=O) groups is 1. The summed E-state index contributed by atoms with van der Waals surface area (Å²) in [6.45, 7) is 5.61. The zero-order valence-corrected chi connectivity index (χ0v) is 15.1. The van der Waals surface area contributed by atoms with Gasteiger partial charge in [0.1, 0.15) is 0 Å². The summed E-state index contributed by atoms with van der Waals surface area (Å²) in [4.78, 5) is 12.0. The lowest BCUT2D eigenvalue weighted by Crippen LogP contribution is -2.21. The monoisotopic (exact) mass is 346 g/mol. The van der Waals surface area contributed by atoms with Crippen LogP contribution in [0.1, 0.15) is 34.0 Å². The van der Waals surface area contributed by atoms with Crippen molar-refractivity contribution >= 4 is 21.6 Å². The summed E-state index contributed by atoms with van der Waals surface area (Å²) in [5.41, 5.74) is 3.45. The van der Waals surface area contributed by atoms with Gasteiger partial charge < -0.3 is 5.32 Å². The Morgan fingerprint density at radius 3 is 2.42 bits per heavy atom. The molecule has 0 saturated carbocycles. The molecule has 0 aliphatic rings. The largest absolute Gasteiger partial charge is 0.355 e. The van der Waals surface area contributed by atoms with Crippen molar-refractivity contribution in [2.45, 2.75) is 32.1 Å². The van der Waals surface area contributed by atoms with Gasteiger partial charge in [-0.1, -0.05) is 31.2 Å². The number of hydrogen-bond donors (Lipinski definition) is 2. The molecule has 0 heterocycles. The molecule has 2 aromatic carbocycles. The second kappa shape index (κ2) is 7.05. The van der Waals surface area contributed by atoms with Crippen LogP contribution in [0.4, 0.5) is 5.69 Å². The van der Waals surface area contributed by atoms with Crippen LogP contribution in [-0.4, -0.2) is 21.4 Å². The molecule has 0 bridgehead atoms. The lowest BCUT2D eigenvalue weighted by molar-refractivity contribution is 0.0962. The van der Waals surface area contributed by atoms with Crippen molar-refractivity contribution in [3.05, 3.63) is 58.7 Å². The number of carbonyl (C=O) groups excluding carboxylic acids is 1. The highest BCUT2D eigenvalue weighted by atomic mass is 32.2. The summed E-state index contributed by atoms with van der Waals surface area (Å²) in [5, 5.41) is 2.52. The number of amides is 1. The Bertz CT molecular complexity index is 874. The summed E-state index contributed by atoms with van der Waals surface area (Å²) in [6.07, 6.45) is 0.719. The molecule has 0 fully saturated rings. The fraction of sp³-hybridized carbons (Fsp3) is 0.278. The molecule has 0 radical (unpaired) electrons. The molecule has 0 atom stereocenters. The van der Waals surface area contributed by atoms with Gasteiger partial charge in [-0.2, -0.15) is 0 Å². The van der Waals surface area contributed by atoms with Crippen molar-refractivity contribution in [3.63, 3.8) is 0 Å². The molecule has 2 aromatic rings. The van der Waals surface area contributed by atoms with E-state index in [9.17, 15) is 13.2 Å². The molecular formula is C18H22N2O3S. The van der Waals surface area contributed by atoms with Gasteiger partial charge in [0.25, 0.3) is 15.9 Å². The van der Waals surface area contributed by atoms with Gasteiger partial charge >= 0.3 is 0 Å². The van der Waals surface area contributed by atoms with E-state index in [1.165, 1.54) is 19.2 Å². The van der Waals surface area contributed by atoms with E-state index < -0.39 is 10.0 Å². The fourth-order valence-corrected chi connectivity index (χ4v) is 3.71. The lowest BCUT2D eigenvalue weighted by Gasteiger charge is -2.15. The molecular weight excluding hydrogens is 324 g/mol. The number of benzene rings is 2. The zero-order chi connectivity index (χ0) is 17.9. The molecule has 0 aromatic heterocycles. The Morgan fingerprint density at radius 1 is 1.08 bits per heavy atom. The van der Waals surface area contributed by atoms with Crippen molar-refractivity contribution < 1.29 is 13.2 Å². The number of nitrogens with one attached hydrogen (secondary N) is 2. The highest BCUT2D eigenvalue weighted by molar-refractivity contribution is 7.92. The van der Waals surface area contributed by atoms with Crippen LogP contribution < -0.4 is 10.0 Å². The molecule has 0 saturated heterocycles. The van der Waals surface area contributed by atoms with E-state index in [2.05, 4.69) is 10.0 Å². The predicted molar refractivity (Wildman–Crippen MR) is 95.9 cm³/mol. The first-order chi connectivity index (χ1) is 11.3. The molecule has 24 heavy (non-hydrogen) atoms. The summed E-state index contributed by atoms with van der Waals surface area (Å²) >= 11 is 0. The maximum atomic E-state index is 12.8. The van der Waals surface area contributed by atoms with Crippen molar-refractivity contribution in [1.29, 1.82) is 0 Å². The van der Waals surface area contributed by atoms with Crippen LogP contribution in [0.2, 0.25) is 0 Å². The van der Waals surface area contributed by atoms with E-state index in [0.29, 0.717) is 11.3 Å². The summed E-state index contributed by atoms with van der Waals surface area (Å²) < 4.78 is 28.2. The number of sulfonamides is 1. The van der Waals surface area contributed by atoms with Crippen LogP contribution in [0, 0.1) is 13.8 Å². The second-order valence-corrected chi connectivity index (χ2v) is 7.31. The maximum Gasteiger partial charge on any atom is 0.261 e. The van der Waals surface area contributed by atoms with E-state index in [4.69, 9.17) is 0 Å². The Kier molecular flexibility index (Phi) is 5.29. The highest BCUT2D eigenvalue weighted by Crippen LogP contribution is 2.25. The third kappa shape index (κ3) is 3.59. The molecule has 5 nitrogen and oxygen atoms in total. The molecule has 0 unspecified atom stereocenters. The minimum absolute atomic E-state index is 0.0667. The maximum absolute atomic E-state index is 12.8. The first-order valence-corrected chi connectivity index (χ1v) is 9.22. The molecule has 2 rings (SSSR count). The average Bonchev–Trinajstić information content (AvgIpc) is 2.56. The Hall–Kier alpha value is -2.34. The molecule has 0 aliphatic heterocycles. The Labute approximate surface area is 143 Å². The van der Waals surface area contributed by atoms with Crippen molar-refractivity contribution in [2.75, 3.05) is 11.8 Å². The molecule has 6 heteroatoms. The van der Waals surface area contributed by atoms with Gasteiger partial charge in [0, 0.05) is 12.6 Å². The van der Waals surface area contributed by atoms with Crippen molar-refractivity contribution in [2.24, 2.45) is 0 Å². The zero-order valence-electron chi connectivity index (χ0n) is 14.3. The van der Waals surface area contributed by atoms with Gasteiger partial charge in [-0.05, 0) is 49.1 Å². The van der Waals surface area contributed by atoms with Gasteiger partial charge in [0.05, 0.1) is 10.6 Å². The van der Waals surface area contributed by atoms with Gasteiger partial charge in [-0.3, -0.25) is 9.52 Å². The Balaban J connectivity index is 2.48. The number of aryl methyl sites for hydroxylation is 3. The minimum Gasteiger partial charge on any atom is -0.355 e. The summed E-state index contributed by atoms with van der Waals surface area (Å²) in [6, 6.07) is 10.2. The summed E-state index contributed by atoms with van der Waals surface area (Å²) in [7, 11) is -2.26. The van der Waals surface area contributed by atoms with Crippen LogP contribution in [0.15, 0.2) is 41.3 Å². The SMILES string of the molecule is CCc1cccc(C)c1NS(=O)(=O)c1ccc(C)c(C(=O)NC)c1. The third-order valence-electron chi connectivity index (χ3n) is 3.97. The highest BCUT2D eigenvalue weighted by Gasteiger charge is 2.19. The minimum atomic E-state index is -3.78. The first kappa shape index (κ1) is 18.0.